The molecular formula is C13H23NO. The van der Waals surface area contributed by atoms with E-state index in [-0.39, 0.29) is 5.41 Å². The van der Waals surface area contributed by atoms with Crippen LogP contribution in [0.5, 0.6) is 0 Å². The molecule has 0 bridgehead atoms. The molecule has 86 valence electrons. The summed E-state index contributed by atoms with van der Waals surface area (Å²) in [5, 5.41) is 11.9. The molecule has 0 aromatic rings. The van der Waals surface area contributed by atoms with E-state index in [2.05, 4.69) is 24.7 Å². The van der Waals surface area contributed by atoms with Crippen LogP contribution < -0.4 is 0 Å². The number of hydrogen-bond donors (Lipinski definition) is 1. The second-order valence-corrected chi connectivity index (χ2v) is 4.22. The molecule has 0 saturated carbocycles. The van der Waals surface area contributed by atoms with Gasteiger partial charge in [0.05, 0.1) is 6.21 Å². The van der Waals surface area contributed by atoms with Gasteiger partial charge in [0, 0.05) is 5.41 Å². The van der Waals surface area contributed by atoms with Crippen molar-refractivity contribution in [3.05, 3.63) is 17.4 Å². The van der Waals surface area contributed by atoms with Crippen molar-refractivity contribution in [1.82, 2.24) is 0 Å². The smallest absolute Gasteiger partial charge is 0.0541 e. The van der Waals surface area contributed by atoms with Gasteiger partial charge in [-0.3, -0.25) is 0 Å². The Hall–Kier alpha value is -1.01. The molecule has 0 spiro atoms. The lowest BCUT2D eigenvalue weighted by molar-refractivity contribution is 0.311. The molecule has 15 heavy (non-hydrogen) atoms. The normalized spacial score (nSPS) is 14.7. The molecule has 1 N–H and O–H groups in total. The van der Waals surface area contributed by atoms with Crippen LogP contribution in [0.25, 0.3) is 0 Å². The molecule has 0 unspecified atom stereocenters. The average Bonchev–Trinajstić information content (AvgIpc) is 2.22. The van der Waals surface area contributed by atoms with Gasteiger partial charge in [0.25, 0.3) is 0 Å². The van der Waals surface area contributed by atoms with E-state index in [4.69, 9.17) is 5.21 Å². The number of rotatable bonds is 6. The summed E-state index contributed by atoms with van der Waals surface area (Å²) in [4.78, 5) is 0. The maximum atomic E-state index is 8.71. The predicted molar refractivity (Wildman–Crippen MR) is 65.5 cm³/mol. The van der Waals surface area contributed by atoms with Crippen LogP contribution in [0.1, 0.15) is 53.4 Å². The molecular weight excluding hydrogens is 186 g/mol. The minimum absolute atomic E-state index is 0.123. The summed E-state index contributed by atoms with van der Waals surface area (Å²) >= 11 is 0. The Bertz CT molecular complexity index is 258. The molecule has 0 aromatic carbocycles. The maximum Gasteiger partial charge on any atom is 0.0541 e. The summed E-state index contributed by atoms with van der Waals surface area (Å²) in [5.41, 5.74) is 4.25. The van der Waals surface area contributed by atoms with E-state index in [1.165, 1.54) is 0 Å². The van der Waals surface area contributed by atoms with Crippen molar-refractivity contribution in [2.45, 2.75) is 53.4 Å². The third-order valence-electron chi connectivity index (χ3n) is 2.62. The van der Waals surface area contributed by atoms with Crippen LogP contribution in [0.2, 0.25) is 0 Å². The third-order valence-corrected chi connectivity index (χ3v) is 2.62. The minimum atomic E-state index is -0.123. The average molecular weight is 209 g/mol. The Labute approximate surface area is 93.4 Å². The number of hydrogen-bond acceptors (Lipinski definition) is 2. The number of nitrogens with zero attached hydrogens (tertiary/aromatic N) is 1. The van der Waals surface area contributed by atoms with E-state index < -0.39 is 0 Å². The first-order chi connectivity index (χ1) is 7.10. The highest BCUT2D eigenvalue weighted by molar-refractivity contribution is 5.67. The van der Waals surface area contributed by atoms with Crippen molar-refractivity contribution >= 4 is 6.21 Å². The summed E-state index contributed by atoms with van der Waals surface area (Å²) in [6, 6.07) is 0. The van der Waals surface area contributed by atoms with Gasteiger partial charge < -0.3 is 5.21 Å². The molecule has 0 aliphatic rings. The molecule has 1 atom stereocenters. The number of unbranched alkanes of at least 4 members (excludes halogenated alkanes) is 1. The molecule has 0 amide bonds. The van der Waals surface area contributed by atoms with Crippen molar-refractivity contribution in [2.75, 3.05) is 0 Å². The highest BCUT2D eigenvalue weighted by atomic mass is 16.4. The van der Waals surface area contributed by atoms with Gasteiger partial charge >= 0.3 is 0 Å². The van der Waals surface area contributed by atoms with Crippen molar-refractivity contribution in [3.63, 3.8) is 0 Å². The van der Waals surface area contributed by atoms with Crippen molar-refractivity contribution in [2.24, 2.45) is 10.6 Å². The van der Waals surface area contributed by atoms with Crippen LogP contribution >= 0.6 is 0 Å². The van der Waals surface area contributed by atoms with Crippen molar-refractivity contribution in [3.8, 4) is 0 Å². The van der Waals surface area contributed by atoms with Gasteiger partial charge in [-0.2, -0.15) is 0 Å². The van der Waals surface area contributed by atoms with E-state index in [1.807, 2.05) is 19.9 Å². The van der Waals surface area contributed by atoms with Gasteiger partial charge in [-0.05, 0) is 38.3 Å². The lowest BCUT2D eigenvalue weighted by atomic mass is 9.81. The first kappa shape index (κ1) is 14.0. The quantitative estimate of drug-likeness (QED) is 0.303. The van der Waals surface area contributed by atoms with Crippen LogP contribution in [0.4, 0.5) is 0 Å². The third kappa shape index (κ3) is 5.44. The molecule has 2 heteroatoms. The van der Waals surface area contributed by atoms with Crippen molar-refractivity contribution < 1.29 is 5.21 Å². The van der Waals surface area contributed by atoms with Gasteiger partial charge in [-0.15, -0.1) is 10.9 Å². The molecule has 0 aliphatic heterocycles. The molecule has 0 radical (unpaired) electrons. The Morgan fingerprint density at radius 3 is 2.47 bits per heavy atom. The SMILES string of the molecule is CCCC[C@](C=C=C(C)C)(/C=N\O)CC. The zero-order chi connectivity index (χ0) is 11.7. The van der Waals surface area contributed by atoms with Gasteiger partial charge in [0.1, 0.15) is 0 Å². The fourth-order valence-corrected chi connectivity index (χ4v) is 1.45. The van der Waals surface area contributed by atoms with E-state index in [1.54, 1.807) is 6.21 Å². The maximum absolute atomic E-state index is 8.71. The van der Waals surface area contributed by atoms with E-state index in [0.717, 1.165) is 31.3 Å². The van der Waals surface area contributed by atoms with Gasteiger partial charge in [-0.25, -0.2) is 0 Å². The lowest BCUT2D eigenvalue weighted by Crippen LogP contribution is -2.18. The standard InChI is InChI=1S/C13H23NO/c1-5-7-9-13(6-2,11-14-15)10-8-12(3)4/h10-11,15H,5-7,9H2,1-4H3/b14-11-/t13-/m1/s1. The van der Waals surface area contributed by atoms with Crippen LogP contribution in [0.15, 0.2) is 22.5 Å². The predicted octanol–water partition coefficient (Wildman–Crippen LogP) is 4.15. The number of oxime groups is 1. The monoisotopic (exact) mass is 209 g/mol. The first-order valence-corrected chi connectivity index (χ1v) is 5.70. The van der Waals surface area contributed by atoms with Gasteiger partial charge in [-0.1, -0.05) is 26.7 Å². The highest BCUT2D eigenvalue weighted by Crippen LogP contribution is 2.28. The summed E-state index contributed by atoms with van der Waals surface area (Å²) in [6.07, 6.45) is 7.93. The first-order valence-electron chi connectivity index (χ1n) is 5.70. The lowest BCUT2D eigenvalue weighted by Gasteiger charge is -2.22. The highest BCUT2D eigenvalue weighted by Gasteiger charge is 2.22. The molecule has 0 aliphatic carbocycles. The van der Waals surface area contributed by atoms with Gasteiger partial charge in [0.15, 0.2) is 0 Å². The zero-order valence-electron chi connectivity index (χ0n) is 10.4. The fraction of sp³-hybridized carbons (Fsp3) is 0.692. The molecule has 2 nitrogen and oxygen atoms in total. The second-order valence-electron chi connectivity index (χ2n) is 4.22. The van der Waals surface area contributed by atoms with Crippen LogP contribution in [-0.4, -0.2) is 11.4 Å². The largest absolute Gasteiger partial charge is 0.411 e. The van der Waals surface area contributed by atoms with Crippen molar-refractivity contribution in [1.29, 1.82) is 0 Å². The summed E-state index contributed by atoms with van der Waals surface area (Å²) in [7, 11) is 0. The molecule has 0 aromatic heterocycles. The minimum Gasteiger partial charge on any atom is -0.411 e. The van der Waals surface area contributed by atoms with E-state index in [0.29, 0.717) is 0 Å². The topological polar surface area (TPSA) is 32.6 Å². The van der Waals surface area contributed by atoms with Crippen LogP contribution in [0.3, 0.4) is 0 Å². The van der Waals surface area contributed by atoms with Crippen LogP contribution in [-0.2, 0) is 0 Å². The summed E-state index contributed by atoms with van der Waals surface area (Å²) in [5.74, 6) is 0. The Balaban J connectivity index is 4.88. The van der Waals surface area contributed by atoms with E-state index >= 15 is 0 Å². The molecule has 0 rings (SSSR count). The molecule has 0 fully saturated rings. The Kier molecular flexibility index (Phi) is 6.81. The molecule has 0 heterocycles. The zero-order valence-corrected chi connectivity index (χ0v) is 10.4. The molecule has 0 saturated heterocycles. The fourth-order valence-electron chi connectivity index (χ4n) is 1.45. The Morgan fingerprint density at radius 1 is 1.40 bits per heavy atom. The van der Waals surface area contributed by atoms with Crippen LogP contribution in [0, 0.1) is 5.41 Å². The summed E-state index contributed by atoms with van der Waals surface area (Å²) in [6.45, 7) is 8.32. The van der Waals surface area contributed by atoms with Gasteiger partial charge in [0.2, 0.25) is 0 Å². The second kappa shape index (κ2) is 7.30. The van der Waals surface area contributed by atoms with E-state index in [9.17, 15) is 0 Å². The summed E-state index contributed by atoms with van der Waals surface area (Å²) < 4.78 is 0. The Morgan fingerprint density at radius 2 is 2.07 bits per heavy atom. The number of allylic oxidation sites excluding steroid dienone is 1.